The number of nitrogens with one attached hydrogen (secondary N) is 1. The third-order valence-corrected chi connectivity index (χ3v) is 1.80. The molecule has 1 aliphatic heterocycles. The Morgan fingerprint density at radius 1 is 1.10 bits per heavy atom. The van der Waals surface area contributed by atoms with Gasteiger partial charge in [0, 0.05) is 6.54 Å². The van der Waals surface area contributed by atoms with Crippen molar-refractivity contribution in [3.63, 3.8) is 0 Å². The first kappa shape index (κ1) is 9.70. The van der Waals surface area contributed by atoms with Crippen LogP contribution in [-0.4, -0.2) is 13.1 Å². The second-order valence-electron chi connectivity index (χ2n) is 2.49. The standard InChI is InChI=1S/C7H13N.C2H6/c1-6-3-4-8-5-7(6)2;1-2/h8H,3-5H2,1-2H3;1-2H3. The predicted molar refractivity (Wildman–Crippen MR) is 47.2 cm³/mol. The van der Waals surface area contributed by atoms with E-state index in [0.29, 0.717) is 0 Å². The summed E-state index contributed by atoms with van der Waals surface area (Å²) in [6.07, 6.45) is 1.24. The smallest absolute Gasteiger partial charge is 0.0164 e. The Morgan fingerprint density at radius 3 is 2.00 bits per heavy atom. The molecule has 0 radical (unpaired) electrons. The summed E-state index contributed by atoms with van der Waals surface area (Å²) in [5.41, 5.74) is 3.10. The lowest BCUT2D eigenvalue weighted by Crippen LogP contribution is -2.23. The van der Waals surface area contributed by atoms with Crippen LogP contribution in [0.3, 0.4) is 0 Å². The van der Waals surface area contributed by atoms with Crippen molar-refractivity contribution < 1.29 is 0 Å². The highest BCUT2D eigenvalue weighted by molar-refractivity contribution is 5.13. The van der Waals surface area contributed by atoms with Gasteiger partial charge in [-0.05, 0) is 26.8 Å². The van der Waals surface area contributed by atoms with Gasteiger partial charge in [0.2, 0.25) is 0 Å². The van der Waals surface area contributed by atoms with Gasteiger partial charge in [-0.3, -0.25) is 0 Å². The summed E-state index contributed by atoms with van der Waals surface area (Å²) >= 11 is 0. The van der Waals surface area contributed by atoms with Gasteiger partial charge in [0.15, 0.2) is 0 Å². The lowest BCUT2D eigenvalue weighted by atomic mass is 10.1. The summed E-state index contributed by atoms with van der Waals surface area (Å²) in [6.45, 7) is 10.7. The molecule has 1 rings (SSSR count). The molecule has 1 heterocycles. The molecule has 0 unspecified atom stereocenters. The Morgan fingerprint density at radius 2 is 1.70 bits per heavy atom. The normalized spacial score (nSPS) is 18.0. The van der Waals surface area contributed by atoms with Crippen molar-refractivity contribution in [2.45, 2.75) is 34.1 Å². The number of hydrogen-bond acceptors (Lipinski definition) is 1. The Hall–Kier alpha value is -0.300. The van der Waals surface area contributed by atoms with Crippen molar-refractivity contribution in [1.29, 1.82) is 0 Å². The Kier molecular flexibility index (Phi) is 5.32. The molecule has 0 saturated carbocycles. The van der Waals surface area contributed by atoms with E-state index in [0.717, 1.165) is 6.54 Å². The van der Waals surface area contributed by atoms with E-state index in [-0.39, 0.29) is 0 Å². The van der Waals surface area contributed by atoms with Gasteiger partial charge < -0.3 is 5.32 Å². The zero-order chi connectivity index (χ0) is 7.98. The van der Waals surface area contributed by atoms with Crippen LogP contribution in [-0.2, 0) is 0 Å². The van der Waals surface area contributed by atoms with Crippen LogP contribution in [0, 0.1) is 0 Å². The maximum atomic E-state index is 3.31. The van der Waals surface area contributed by atoms with E-state index in [9.17, 15) is 0 Å². The van der Waals surface area contributed by atoms with Gasteiger partial charge >= 0.3 is 0 Å². The Bertz CT molecular complexity index is 99.9. The van der Waals surface area contributed by atoms with Gasteiger partial charge in [-0.2, -0.15) is 0 Å². The van der Waals surface area contributed by atoms with Gasteiger partial charge in [0.05, 0.1) is 0 Å². The molecule has 0 saturated heterocycles. The molecule has 1 N–H and O–H groups in total. The van der Waals surface area contributed by atoms with Crippen molar-refractivity contribution in [3.8, 4) is 0 Å². The molecule has 0 fully saturated rings. The third-order valence-electron chi connectivity index (χ3n) is 1.80. The Balaban J connectivity index is 0.000000371. The fraction of sp³-hybridized carbons (Fsp3) is 0.778. The number of rotatable bonds is 0. The highest BCUT2D eigenvalue weighted by Gasteiger charge is 2.01. The van der Waals surface area contributed by atoms with Gasteiger partial charge in [0.1, 0.15) is 0 Å². The summed E-state index contributed by atoms with van der Waals surface area (Å²) in [5, 5.41) is 3.31. The monoisotopic (exact) mass is 141 g/mol. The predicted octanol–water partition coefficient (Wildman–Crippen LogP) is 2.34. The summed E-state index contributed by atoms with van der Waals surface area (Å²) in [5.74, 6) is 0. The molecule has 10 heavy (non-hydrogen) atoms. The van der Waals surface area contributed by atoms with Crippen molar-refractivity contribution >= 4 is 0 Å². The van der Waals surface area contributed by atoms with Crippen LogP contribution < -0.4 is 5.32 Å². The first-order valence-electron chi connectivity index (χ1n) is 4.16. The lowest BCUT2D eigenvalue weighted by molar-refractivity contribution is 0.677. The molecule has 0 atom stereocenters. The summed E-state index contributed by atoms with van der Waals surface area (Å²) < 4.78 is 0. The topological polar surface area (TPSA) is 12.0 Å². The molecule has 1 nitrogen and oxygen atoms in total. The van der Waals surface area contributed by atoms with Crippen LogP contribution in [0.25, 0.3) is 0 Å². The molecule has 0 aromatic rings. The SMILES string of the molecule is CC.CC1=C(C)CNCC1. The van der Waals surface area contributed by atoms with E-state index in [1.807, 2.05) is 13.8 Å². The minimum absolute atomic E-state index is 1.10. The Labute approximate surface area is 64.5 Å². The maximum Gasteiger partial charge on any atom is 0.0164 e. The number of hydrogen-bond donors (Lipinski definition) is 1. The van der Waals surface area contributed by atoms with Crippen LogP contribution in [0.4, 0.5) is 0 Å². The van der Waals surface area contributed by atoms with E-state index in [2.05, 4.69) is 19.2 Å². The van der Waals surface area contributed by atoms with Crippen LogP contribution >= 0.6 is 0 Å². The zero-order valence-electron chi connectivity index (χ0n) is 7.62. The average Bonchev–Trinajstić information content (AvgIpc) is 2.00. The van der Waals surface area contributed by atoms with Gasteiger partial charge in [-0.25, -0.2) is 0 Å². The third kappa shape index (κ3) is 3.02. The molecule has 60 valence electrons. The summed E-state index contributed by atoms with van der Waals surface area (Å²) in [6, 6.07) is 0. The highest BCUT2D eigenvalue weighted by atomic mass is 14.9. The van der Waals surface area contributed by atoms with Gasteiger partial charge in [-0.1, -0.05) is 25.0 Å². The van der Waals surface area contributed by atoms with E-state index < -0.39 is 0 Å². The fourth-order valence-electron chi connectivity index (χ4n) is 0.916. The second kappa shape index (κ2) is 5.48. The van der Waals surface area contributed by atoms with Crippen LogP contribution in [0.2, 0.25) is 0 Å². The van der Waals surface area contributed by atoms with E-state index >= 15 is 0 Å². The fourth-order valence-corrected chi connectivity index (χ4v) is 0.916. The van der Waals surface area contributed by atoms with Crippen LogP contribution in [0.15, 0.2) is 11.1 Å². The quantitative estimate of drug-likeness (QED) is 0.511. The van der Waals surface area contributed by atoms with Crippen LogP contribution in [0.5, 0.6) is 0 Å². The van der Waals surface area contributed by atoms with Crippen molar-refractivity contribution in [1.82, 2.24) is 5.32 Å². The maximum absolute atomic E-state index is 3.31. The minimum atomic E-state index is 1.10. The zero-order valence-corrected chi connectivity index (χ0v) is 7.62. The molecule has 0 aliphatic carbocycles. The lowest BCUT2D eigenvalue weighted by Gasteiger charge is -2.14. The molecular weight excluding hydrogens is 122 g/mol. The van der Waals surface area contributed by atoms with Gasteiger partial charge in [0.25, 0.3) is 0 Å². The first-order valence-corrected chi connectivity index (χ1v) is 4.16. The van der Waals surface area contributed by atoms with Crippen molar-refractivity contribution in [2.75, 3.05) is 13.1 Å². The summed E-state index contributed by atoms with van der Waals surface area (Å²) in [7, 11) is 0. The average molecular weight is 141 g/mol. The van der Waals surface area contributed by atoms with Crippen LogP contribution in [0.1, 0.15) is 34.1 Å². The molecule has 1 heteroatoms. The van der Waals surface area contributed by atoms with Gasteiger partial charge in [-0.15, -0.1) is 0 Å². The second-order valence-corrected chi connectivity index (χ2v) is 2.49. The van der Waals surface area contributed by atoms with E-state index in [1.165, 1.54) is 18.5 Å². The summed E-state index contributed by atoms with van der Waals surface area (Å²) in [4.78, 5) is 0. The van der Waals surface area contributed by atoms with Crippen molar-refractivity contribution in [3.05, 3.63) is 11.1 Å². The molecule has 0 aromatic heterocycles. The minimum Gasteiger partial charge on any atom is -0.313 e. The first-order chi connectivity index (χ1) is 4.80. The largest absolute Gasteiger partial charge is 0.313 e. The molecule has 1 aliphatic rings. The van der Waals surface area contributed by atoms with E-state index in [1.54, 1.807) is 5.57 Å². The molecule has 0 spiro atoms. The molecule has 0 bridgehead atoms. The molecule has 0 amide bonds. The van der Waals surface area contributed by atoms with E-state index in [4.69, 9.17) is 0 Å². The molecule has 0 aromatic carbocycles. The molecular formula is C9H19N. The highest BCUT2D eigenvalue weighted by Crippen LogP contribution is 2.09. The van der Waals surface area contributed by atoms with Crippen molar-refractivity contribution in [2.24, 2.45) is 0 Å².